The Bertz CT molecular complexity index is 952. The van der Waals surface area contributed by atoms with Crippen molar-refractivity contribution in [1.29, 1.82) is 0 Å². The minimum absolute atomic E-state index is 0.0474. The van der Waals surface area contributed by atoms with Crippen molar-refractivity contribution >= 4 is 11.6 Å². The van der Waals surface area contributed by atoms with E-state index < -0.39 is 5.56 Å². The van der Waals surface area contributed by atoms with Crippen LogP contribution in [0.25, 0.3) is 0 Å². The number of aromatic nitrogens is 2. The van der Waals surface area contributed by atoms with Crippen molar-refractivity contribution in [3.05, 3.63) is 81.8 Å². The number of aliphatic hydroxyl groups is 1. The van der Waals surface area contributed by atoms with E-state index in [4.69, 9.17) is 4.74 Å². The fourth-order valence-corrected chi connectivity index (χ4v) is 2.72. The molecule has 0 fully saturated rings. The van der Waals surface area contributed by atoms with Crippen LogP contribution in [0.15, 0.2) is 59.5 Å². The molecule has 0 saturated carbocycles. The molecule has 0 atom stereocenters. The zero-order valence-electron chi connectivity index (χ0n) is 14.8. The first-order chi connectivity index (χ1) is 12.6. The molecule has 0 radical (unpaired) electrons. The van der Waals surface area contributed by atoms with Crippen molar-refractivity contribution in [2.24, 2.45) is 0 Å². The first-order valence-corrected chi connectivity index (χ1v) is 8.28. The molecule has 0 bridgehead atoms. The number of hydrogen-bond acceptors (Lipinski definition) is 5. The Morgan fingerprint density at radius 3 is 2.62 bits per heavy atom. The van der Waals surface area contributed by atoms with Gasteiger partial charge in [-0.3, -0.25) is 4.79 Å². The summed E-state index contributed by atoms with van der Waals surface area (Å²) in [6.07, 6.45) is 1.65. The Kier molecular flexibility index (Phi) is 5.34. The number of anilines is 2. The molecule has 0 aliphatic carbocycles. The molecule has 0 spiro atoms. The molecule has 6 nitrogen and oxygen atoms in total. The lowest BCUT2D eigenvalue weighted by atomic mass is 10.1. The summed E-state index contributed by atoms with van der Waals surface area (Å²) in [7, 11) is 1.45. The van der Waals surface area contributed by atoms with Gasteiger partial charge in [0.1, 0.15) is 0 Å². The lowest BCUT2D eigenvalue weighted by Gasteiger charge is -2.17. The van der Waals surface area contributed by atoms with Crippen molar-refractivity contribution in [3.63, 3.8) is 0 Å². The maximum atomic E-state index is 12.1. The average Bonchev–Trinajstić information content (AvgIpc) is 2.66. The Labute approximate surface area is 151 Å². The SMILES string of the molecule is COc1cn(Cc2ccccc2)c(Nc2cccc(CO)c2C)nc1=O. The predicted molar refractivity (Wildman–Crippen MR) is 101 cm³/mol. The molecule has 0 aliphatic rings. The molecule has 3 aromatic rings. The molecule has 6 heteroatoms. The molecule has 134 valence electrons. The standard InChI is InChI=1S/C20H21N3O3/c1-14-16(13-24)9-6-10-17(14)21-20-22-19(25)18(26-2)12-23(20)11-15-7-4-3-5-8-15/h3-10,12,24H,11,13H2,1-2H3,(H,21,22,25). The number of benzene rings is 2. The van der Waals surface area contributed by atoms with Crippen molar-refractivity contribution in [2.45, 2.75) is 20.1 Å². The molecule has 1 aromatic heterocycles. The Hall–Kier alpha value is -3.12. The largest absolute Gasteiger partial charge is 0.490 e. The summed E-state index contributed by atoms with van der Waals surface area (Å²) in [6, 6.07) is 15.5. The van der Waals surface area contributed by atoms with E-state index in [-0.39, 0.29) is 12.4 Å². The van der Waals surface area contributed by atoms with Gasteiger partial charge in [0.2, 0.25) is 11.7 Å². The van der Waals surface area contributed by atoms with Crippen molar-refractivity contribution in [3.8, 4) is 5.75 Å². The van der Waals surface area contributed by atoms with Gasteiger partial charge in [-0.05, 0) is 29.7 Å². The molecule has 2 N–H and O–H groups in total. The van der Waals surface area contributed by atoms with E-state index in [9.17, 15) is 9.90 Å². The van der Waals surface area contributed by atoms with Gasteiger partial charge < -0.3 is 19.7 Å². The van der Waals surface area contributed by atoms with Gasteiger partial charge in [0.25, 0.3) is 0 Å². The van der Waals surface area contributed by atoms with Crippen LogP contribution < -0.4 is 15.6 Å². The topological polar surface area (TPSA) is 76.4 Å². The summed E-state index contributed by atoms with van der Waals surface area (Å²) in [5.41, 5.74) is 3.15. The number of aliphatic hydroxyl groups excluding tert-OH is 1. The Morgan fingerprint density at radius 1 is 1.15 bits per heavy atom. The van der Waals surface area contributed by atoms with Gasteiger partial charge in [-0.2, -0.15) is 4.98 Å². The van der Waals surface area contributed by atoms with Crippen LogP contribution in [0.1, 0.15) is 16.7 Å². The van der Waals surface area contributed by atoms with Gasteiger partial charge in [-0.25, -0.2) is 0 Å². The third-order valence-electron chi connectivity index (χ3n) is 4.24. The maximum absolute atomic E-state index is 12.1. The van der Waals surface area contributed by atoms with Gasteiger partial charge in [0, 0.05) is 5.69 Å². The van der Waals surface area contributed by atoms with E-state index in [1.165, 1.54) is 7.11 Å². The lowest BCUT2D eigenvalue weighted by Crippen LogP contribution is -2.19. The Morgan fingerprint density at radius 2 is 1.92 bits per heavy atom. The Balaban J connectivity index is 2.03. The van der Waals surface area contributed by atoms with E-state index in [0.717, 1.165) is 22.4 Å². The molecule has 0 unspecified atom stereocenters. The van der Waals surface area contributed by atoms with Crippen molar-refractivity contribution in [2.75, 3.05) is 12.4 Å². The number of methoxy groups -OCH3 is 1. The highest BCUT2D eigenvalue weighted by Crippen LogP contribution is 2.23. The molecule has 1 heterocycles. The summed E-state index contributed by atoms with van der Waals surface area (Å²) in [5.74, 6) is 0.602. The molecule has 0 aliphatic heterocycles. The van der Waals surface area contributed by atoms with Crippen LogP contribution in [-0.4, -0.2) is 21.8 Å². The molecule has 3 rings (SSSR count). The first-order valence-electron chi connectivity index (χ1n) is 8.28. The predicted octanol–water partition coefficient (Wildman–Crippen LogP) is 2.84. The number of ether oxygens (including phenoxy) is 1. The quantitative estimate of drug-likeness (QED) is 0.714. The van der Waals surface area contributed by atoms with Gasteiger partial charge in [0.05, 0.1) is 26.5 Å². The molecule has 0 saturated heterocycles. The normalized spacial score (nSPS) is 10.6. The minimum Gasteiger partial charge on any atom is -0.490 e. The molecular formula is C20H21N3O3. The molecule has 2 aromatic carbocycles. The van der Waals surface area contributed by atoms with E-state index in [1.807, 2.05) is 60.0 Å². The van der Waals surface area contributed by atoms with Gasteiger partial charge in [-0.15, -0.1) is 0 Å². The van der Waals surface area contributed by atoms with Crippen LogP contribution in [0, 0.1) is 6.92 Å². The smallest absolute Gasteiger partial charge is 0.316 e. The third-order valence-corrected chi connectivity index (χ3v) is 4.24. The van der Waals surface area contributed by atoms with Gasteiger partial charge in [-0.1, -0.05) is 42.5 Å². The van der Waals surface area contributed by atoms with Crippen LogP contribution in [0.4, 0.5) is 11.6 Å². The highest BCUT2D eigenvalue weighted by molar-refractivity contribution is 5.60. The lowest BCUT2D eigenvalue weighted by molar-refractivity contribution is 0.281. The second-order valence-electron chi connectivity index (χ2n) is 5.92. The number of nitrogens with zero attached hydrogens (tertiary/aromatic N) is 2. The summed E-state index contributed by atoms with van der Waals surface area (Å²) < 4.78 is 6.97. The highest BCUT2D eigenvalue weighted by atomic mass is 16.5. The van der Waals surface area contributed by atoms with Crippen molar-refractivity contribution in [1.82, 2.24) is 9.55 Å². The highest BCUT2D eigenvalue weighted by Gasteiger charge is 2.12. The van der Waals surface area contributed by atoms with E-state index in [0.29, 0.717) is 12.5 Å². The van der Waals surface area contributed by atoms with Gasteiger partial charge in [0.15, 0.2) is 0 Å². The zero-order valence-corrected chi connectivity index (χ0v) is 14.8. The summed E-state index contributed by atoms with van der Waals surface area (Å²) >= 11 is 0. The van der Waals surface area contributed by atoms with Crippen LogP contribution in [0.3, 0.4) is 0 Å². The van der Waals surface area contributed by atoms with Crippen LogP contribution in [0.2, 0.25) is 0 Å². The van der Waals surface area contributed by atoms with Gasteiger partial charge >= 0.3 is 5.56 Å². The fraction of sp³-hybridized carbons (Fsp3) is 0.200. The second-order valence-corrected chi connectivity index (χ2v) is 5.92. The minimum atomic E-state index is -0.435. The van der Waals surface area contributed by atoms with E-state index in [2.05, 4.69) is 10.3 Å². The second kappa shape index (κ2) is 7.84. The monoisotopic (exact) mass is 351 g/mol. The van der Waals surface area contributed by atoms with Crippen LogP contribution in [-0.2, 0) is 13.2 Å². The van der Waals surface area contributed by atoms with Crippen LogP contribution in [0.5, 0.6) is 5.75 Å². The van der Waals surface area contributed by atoms with E-state index >= 15 is 0 Å². The maximum Gasteiger partial charge on any atom is 0.316 e. The summed E-state index contributed by atoms with van der Waals surface area (Å²) in [6.45, 7) is 2.40. The summed E-state index contributed by atoms with van der Waals surface area (Å²) in [4.78, 5) is 16.3. The average molecular weight is 351 g/mol. The third kappa shape index (κ3) is 3.75. The van der Waals surface area contributed by atoms with Crippen molar-refractivity contribution < 1.29 is 9.84 Å². The fourth-order valence-electron chi connectivity index (χ4n) is 2.72. The number of rotatable bonds is 6. The van der Waals surface area contributed by atoms with E-state index in [1.54, 1.807) is 6.20 Å². The van der Waals surface area contributed by atoms with Crippen LogP contribution >= 0.6 is 0 Å². The first kappa shape index (κ1) is 17.7. The summed E-state index contributed by atoms with van der Waals surface area (Å²) in [5, 5.41) is 12.7. The number of hydrogen-bond donors (Lipinski definition) is 2. The number of nitrogens with one attached hydrogen (secondary N) is 1. The molecular weight excluding hydrogens is 330 g/mol. The molecule has 26 heavy (non-hydrogen) atoms. The molecule has 0 amide bonds. The zero-order chi connectivity index (χ0) is 18.5.